The summed E-state index contributed by atoms with van der Waals surface area (Å²) in [6.45, 7) is 2.07. The lowest BCUT2D eigenvalue weighted by molar-refractivity contribution is 0.164. The van der Waals surface area contributed by atoms with Gasteiger partial charge in [-0.25, -0.2) is 13.2 Å². The number of urea groups is 1. The van der Waals surface area contributed by atoms with Crippen molar-refractivity contribution in [1.29, 1.82) is 0 Å². The molecule has 7 nitrogen and oxygen atoms in total. The molecule has 126 valence electrons. The number of carbonyl (C=O) groups is 1. The number of para-hydroxylation sites is 1. The van der Waals surface area contributed by atoms with Crippen LogP contribution in [0.4, 0.5) is 4.79 Å². The first-order valence-corrected chi connectivity index (χ1v) is 9.52. The van der Waals surface area contributed by atoms with Gasteiger partial charge >= 0.3 is 6.03 Å². The predicted octanol–water partition coefficient (Wildman–Crippen LogP) is 0.797. The summed E-state index contributed by atoms with van der Waals surface area (Å²) < 4.78 is 30.0. The van der Waals surface area contributed by atoms with Gasteiger partial charge < -0.3 is 15.0 Å². The lowest BCUT2D eigenvalue weighted by atomic mass is 10.0. The Morgan fingerprint density at radius 3 is 2.61 bits per heavy atom. The van der Waals surface area contributed by atoms with Crippen LogP contribution in [-0.2, 0) is 10.0 Å². The lowest BCUT2D eigenvalue weighted by Gasteiger charge is -2.35. The summed E-state index contributed by atoms with van der Waals surface area (Å²) in [5, 5.41) is 3.04. The zero-order valence-corrected chi connectivity index (χ0v) is 13.9. The van der Waals surface area contributed by atoms with E-state index in [4.69, 9.17) is 4.74 Å². The second kappa shape index (κ2) is 6.37. The van der Waals surface area contributed by atoms with E-state index in [9.17, 15) is 13.2 Å². The van der Waals surface area contributed by atoms with Crippen molar-refractivity contribution in [3.8, 4) is 5.75 Å². The van der Waals surface area contributed by atoms with Crippen LogP contribution in [0.15, 0.2) is 24.3 Å². The van der Waals surface area contributed by atoms with Crippen LogP contribution in [0.2, 0.25) is 0 Å². The normalized spacial score (nSPS) is 22.1. The second-order valence-electron chi connectivity index (χ2n) is 5.83. The number of ether oxygens (including phenoxy) is 1. The molecule has 0 spiro atoms. The quantitative estimate of drug-likeness (QED) is 0.864. The fourth-order valence-corrected chi connectivity index (χ4v) is 3.78. The smallest absolute Gasteiger partial charge is 0.317 e. The molecule has 1 N–H and O–H groups in total. The van der Waals surface area contributed by atoms with E-state index in [2.05, 4.69) is 5.32 Å². The van der Waals surface area contributed by atoms with Gasteiger partial charge in [-0.3, -0.25) is 0 Å². The highest BCUT2D eigenvalue weighted by molar-refractivity contribution is 7.88. The van der Waals surface area contributed by atoms with Gasteiger partial charge in [-0.2, -0.15) is 4.31 Å². The van der Waals surface area contributed by atoms with Crippen LogP contribution in [0.25, 0.3) is 0 Å². The Kier molecular flexibility index (Phi) is 4.45. The molecule has 8 heteroatoms. The molecule has 0 saturated carbocycles. The van der Waals surface area contributed by atoms with Gasteiger partial charge in [-0.05, 0) is 6.07 Å². The van der Waals surface area contributed by atoms with E-state index in [1.165, 1.54) is 10.6 Å². The first-order chi connectivity index (χ1) is 10.9. The van der Waals surface area contributed by atoms with Crippen molar-refractivity contribution >= 4 is 16.1 Å². The molecular formula is C15H21N3O4S. The van der Waals surface area contributed by atoms with Crippen molar-refractivity contribution in [2.75, 3.05) is 39.0 Å². The first-order valence-electron chi connectivity index (χ1n) is 7.67. The van der Waals surface area contributed by atoms with Crippen LogP contribution < -0.4 is 10.1 Å². The minimum Gasteiger partial charge on any atom is -0.493 e. The molecule has 3 rings (SSSR count). The number of hydrogen-bond acceptors (Lipinski definition) is 4. The van der Waals surface area contributed by atoms with Gasteiger partial charge in [0.2, 0.25) is 10.0 Å². The molecule has 0 aromatic heterocycles. The van der Waals surface area contributed by atoms with Gasteiger partial charge in [0, 0.05) is 38.2 Å². The highest BCUT2D eigenvalue weighted by Crippen LogP contribution is 2.31. The number of benzene rings is 1. The maximum absolute atomic E-state index is 12.4. The van der Waals surface area contributed by atoms with Crippen LogP contribution in [0.1, 0.15) is 18.0 Å². The molecule has 1 saturated heterocycles. The summed E-state index contributed by atoms with van der Waals surface area (Å²) in [5.41, 5.74) is 0.988. The van der Waals surface area contributed by atoms with Gasteiger partial charge in [0.1, 0.15) is 5.75 Å². The Morgan fingerprint density at radius 1 is 1.22 bits per heavy atom. The Labute approximate surface area is 136 Å². The molecule has 1 fully saturated rings. The van der Waals surface area contributed by atoms with E-state index < -0.39 is 10.0 Å². The van der Waals surface area contributed by atoms with E-state index in [-0.39, 0.29) is 12.1 Å². The number of hydrogen-bond donors (Lipinski definition) is 1. The Morgan fingerprint density at radius 2 is 1.91 bits per heavy atom. The molecular weight excluding hydrogens is 318 g/mol. The number of nitrogens with zero attached hydrogens (tertiary/aromatic N) is 2. The van der Waals surface area contributed by atoms with E-state index in [1.54, 1.807) is 4.90 Å². The van der Waals surface area contributed by atoms with Crippen LogP contribution in [0.5, 0.6) is 5.75 Å². The Hall–Kier alpha value is -1.80. The van der Waals surface area contributed by atoms with Crippen molar-refractivity contribution in [3.05, 3.63) is 29.8 Å². The molecule has 2 aliphatic heterocycles. The zero-order valence-electron chi connectivity index (χ0n) is 13.1. The topological polar surface area (TPSA) is 79.0 Å². The Bertz CT molecular complexity index is 684. The third-order valence-electron chi connectivity index (χ3n) is 4.25. The Balaban J connectivity index is 1.61. The lowest BCUT2D eigenvalue weighted by Crippen LogP contribution is -2.53. The maximum atomic E-state index is 12.4. The number of fused-ring (bicyclic) bond motifs is 1. The highest BCUT2D eigenvalue weighted by atomic mass is 32.2. The predicted molar refractivity (Wildman–Crippen MR) is 85.8 cm³/mol. The molecule has 1 aromatic rings. The average molecular weight is 339 g/mol. The molecule has 0 aliphatic carbocycles. The SMILES string of the molecule is CS(=O)(=O)N1CCN(C(=O)NC2CCOc3ccccc32)CC1. The summed E-state index contributed by atoms with van der Waals surface area (Å²) in [6.07, 6.45) is 1.92. The van der Waals surface area contributed by atoms with Crippen molar-refractivity contribution < 1.29 is 17.9 Å². The van der Waals surface area contributed by atoms with Crippen molar-refractivity contribution in [2.24, 2.45) is 0 Å². The third kappa shape index (κ3) is 3.59. The van der Waals surface area contributed by atoms with Crippen LogP contribution in [0, 0.1) is 0 Å². The zero-order chi connectivity index (χ0) is 16.4. The summed E-state index contributed by atoms with van der Waals surface area (Å²) in [7, 11) is -3.18. The van der Waals surface area contributed by atoms with Crippen LogP contribution in [0.3, 0.4) is 0 Å². The van der Waals surface area contributed by atoms with E-state index in [0.717, 1.165) is 17.7 Å². The minimum absolute atomic E-state index is 0.0691. The number of sulfonamides is 1. The van der Waals surface area contributed by atoms with Crippen LogP contribution >= 0.6 is 0 Å². The monoisotopic (exact) mass is 339 g/mol. The number of piperazine rings is 1. The molecule has 2 amide bonds. The number of nitrogens with one attached hydrogen (secondary N) is 1. The van der Waals surface area contributed by atoms with Crippen molar-refractivity contribution in [1.82, 2.24) is 14.5 Å². The fraction of sp³-hybridized carbons (Fsp3) is 0.533. The molecule has 2 heterocycles. The summed E-state index contributed by atoms with van der Waals surface area (Å²) in [6, 6.07) is 7.48. The maximum Gasteiger partial charge on any atom is 0.317 e. The molecule has 2 aliphatic rings. The summed E-state index contributed by atoms with van der Waals surface area (Å²) in [5.74, 6) is 0.811. The minimum atomic E-state index is -3.18. The van der Waals surface area contributed by atoms with Gasteiger partial charge in [-0.15, -0.1) is 0 Å². The van der Waals surface area contributed by atoms with E-state index in [1.807, 2.05) is 24.3 Å². The molecule has 0 bridgehead atoms. The summed E-state index contributed by atoms with van der Waals surface area (Å²) in [4.78, 5) is 14.1. The van der Waals surface area contributed by atoms with E-state index >= 15 is 0 Å². The summed E-state index contributed by atoms with van der Waals surface area (Å²) >= 11 is 0. The molecule has 1 unspecified atom stereocenters. The molecule has 23 heavy (non-hydrogen) atoms. The van der Waals surface area contributed by atoms with E-state index in [0.29, 0.717) is 32.8 Å². The highest BCUT2D eigenvalue weighted by Gasteiger charge is 2.28. The fourth-order valence-electron chi connectivity index (χ4n) is 2.96. The number of rotatable bonds is 2. The van der Waals surface area contributed by atoms with Crippen molar-refractivity contribution in [2.45, 2.75) is 12.5 Å². The molecule has 1 aromatic carbocycles. The number of carbonyl (C=O) groups excluding carboxylic acids is 1. The number of amides is 2. The van der Waals surface area contributed by atoms with Gasteiger partial charge in [-0.1, -0.05) is 18.2 Å². The molecule has 1 atom stereocenters. The van der Waals surface area contributed by atoms with Gasteiger partial charge in [0.15, 0.2) is 0 Å². The van der Waals surface area contributed by atoms with Crippen molar-refractivity contribution in [3.63, 3.8) is 0 Å². The largest absolute Gasteiger partial charge is 0.493 e. The van der Waals surface area contributed by atoms with Crippen LogP contribution in [-0.4, -0.2) is 62.7 Å². The second-order valence-corrected chi connectivity index (χ2v) is 7.81. The van der Waals surface area contributed by atoms with Gasteiger partial charge in [0.05, 0.1) is 18.9 Å². The third-order valence-corrected chi connectivity index (χ3v) is 5.55. The van der Waals surface area contributed by atoms with Gasteiger partial charge in [0.25, 0.3) is 0 Å². The molecule has 0 radical (unpaired) electrons. The average Bonchev–Trinajstić information content (AvgIpc) is 2.54. The standard InChI is InChI=1S/C15H21N3O4S/c1-23(20,21)18-9-7-17(8-10-18)15(19)16-13-6-11-22-14-5-3-2-4-12(13)14/h2-5,13H,6-11H2,1H3,(H,16,19). The first kappa shape index (κ1) is 16.1.